The highest BCUT2D eigenvalue weighted by molar-refractivity contribution is 8.13. The van der Waals surface area contributed by atoms with E-state index in [9.17, 15) is 9.18 Å². The lowest BCUT2D eigenvalue weighted by molar-refractivity contribution is -0.116. The normalized spacial score (nSPS) is 16.4. The largest absolute Gasteiger partial charge is 0.490 e. The molecule has 1 atom stereocenters. The second-order valence-corrected chi connectivity index (χ2v) is 8.99. The number of benzene rings is 3. The molecule has 5 rings (SSSR count). The fourth-order valence-electron chi connectivity index (χ4n) is 4.10. The third kappa shape index (κ3) is 4.66. The van der Waals surface area contributed by atoms with Gasteiger partial charge in [0.1, 0.15) is 11.5 Å². The predicted molar refractivity (Wildman–Crippen MR) is 137 cm³/mol. The first-order valence-electron chi connectivity index (χ1n) is 11.7. The van der Waals surface area contributed by atoms with Crippen LogP contribution in [0.3, 0.4) is 0 Å². The summed E-state index contributed by atoms with van der Waals surface area (Å²) >= 11 is 1.26. The molecule has 2 aliphatic rings. The van der Waals surface area contributed by atoms with Gasteiger partial charge in [0.2, 0.25) is 0 Å². The molecule has 0 fully saturated rings. The quantitative estimate of drug-likeness (QED) is 0.531. The van der Waals surface area contributed by atoms with Crippen molar-refractivity contribution in [3.8, 4) is 11.5 Å². The van der Waals surface area contributed by atoms with Crippen molar-refractivity contribution < 1.29 is 18.7 Å². The SMILES string of the molecule is CCOc1ccc([C@@H]2N=c3ccccc3=C3C(=O)NC(SCc4ccccc4F)=NN32)cc1OCC. The molecular formula is C27H25FN4O3S. The van der Waals surface area contributed by atoms with Gasteiger partial charge >= 0.3 is 0 Å². The Balaban J connectivity index is 1.56. The van der Waals surface area contributed by atoms with Crippen molar-refractivity contribution >= 4 is 28.5 Å². The highest BCUT2D eigenvalue weighted by Gasteiger charge is 2.34. The molecule has 0 aliphatic carbocycles. The zero-order chi connectivity index (χ0) is 25.1. The molecule has 0 saturated carbocycles. The Hall–Kier alpha value is -3.85. The van der Waals surface area contributed by atoms with Crippen molar-refractivity contribution in [2.75, 3.05) is 13.2 Å². The number of thioether (sulfide) groups is 1. The monoisotopic (exact) mass is 504 g/mol. The Kier molecular flexibility index (Phi) is 6.90. The molecule has 3 aromatic rings. The van der Waals surface area contributed by atoms with E-state index in [-0.39, 0.29) is 11.7 Å². The van der Waals surface area contributed by atoms with Crippen LogP contribution in [0.5, 0.6) is 11.5 Å². The van der Waals surface area contributed by atoms with Gasteiger partial charge in [0.05, 0.1) is 18.6 Å². The Labute approximate surface area is 212 Å². The average molecular weight is 505 g/mol. The minimum Gasteiger partial charge on any atom is -0.490 e. The highest BCUT2D eigenvalue weighted by atomic mass is 32.2. The summed E-state index contributed by atoms with van der Waals surface area (Å²) in [6, 6.07) is 19.7. The molecule has 184 valence electrons. The van der Waals surface area contributed by atoms with Gasteiger partial charge in [-0.25, -0.2) is 9.40 Å². The number of fused-ring (bicyclic) bond motifs is 2. The first kappa shape index (κ1) is 23.9. The fraction of sp³-hybridized carbons (Fsp3) is 0.222. The number of nitrogens with one attached hydrogen (secondary N) is 1. The lowest BCUT2D eigenvalue weighted by Gasteiger charge is -2.34. The van der Waals surface area contributed by atoms with E-state index in [2.05, 4.69) is 5.32 Å². The molecular weight excluding hydrogens is 479 g/mol. The van der Waals surface area contributed by atoms with Crippen LogP contribution in [-0.2, 0) is 10.5 Å². The summed E-state index contributed by atoms with van der Waals surface area (Å²) in [6.07, 6.45) is -0.597. The van der Waals surface area contributed by atoms with E-state index in [1.165, 1.54) is 17.8 Å². The Morgan fingerprint density at radius 2 is 1.75 bits per heavy atom. The maximum Gasteiger partial charge on any atom is 0.276 e. The number of carbonyl (C=O) groups is 1. The minimum atomic E-state index is -0.597. The fourth-order valence-corrected chi connectivity index (χ4v) is 4.94. The van der Waals surface area contributed by atoms with E-state index in [4.69, 9.17) is 19.6 Å². The number of carbonyl (C=O) groups excluding carboxylic acids is 1. The van der Waals surface area contributed by atoms with Crippen LogP contribution in [0, 0.1) is 5.82 Å². The van der Waals surface area contributed by atoms with Crippen LogP contribution < -0.4 is 25.4 Å². The Morgan fingerprint density at radius 3 is 2.56 bits per heavy atom. The molecule has 0 saturated heterocycles. The third-order valence-electron chi connectivity index (χ3n) is 5.70. The second kappa shape index (κ2) is 10.4. The summed E-state index contributed by atoms with van der Waals surface area (Å²) in [5, 5.41) is 11.0. The van der Waals surface area contributed by atoms with Crippen LogP contribution >= 0.6 is 11.8 Å². The molecule has 2 heterocycles. The number of hydrogen-bond acceptors (Lipinski definition) is 7. The summed E-state index contributed by atoms with van der Waals surface area (Å²) < 4.78 is 25.7. The summed E-state index contributed by atoms with van der Waals surface area (Å²) in [6.45, 7) is 4.82. The van der Waals surface area contributed by atoms with E-state index in [1.807, 2.05) is 56.3 Å². The van der Waals surface area contributed by atoms with Crippen LogP contribution in [0.2, 0.25) is 0 Å². The number of halogens is 1. The Bertz CT molecular complexity index is 1460. The van der Waals surface area contributed by atoms with Crippen molar-refractivity contribution in [3.63, 3.8) is 0 Å². The van der Waals surface area contributed by atoms with E-state index >= 15 is 0 Å². The number of rotatable bonds is 7. The van der Waals surface area contributed by atoms with Gasteiger partial charge in [0, 0.05) is 16.5 Å². The van der Waals surface area contributed by atoms with Gasteiger partial charge in [-0.05, 0) is 43.7 Å². The molecule has 0 radical (unpaired) electrons. The molecule has 1 N–H and O–H groups in total. The van der Waals surface area contributed by atoms with Gasteiger partial charge in [-0.1, -0.05) is 54.2 Å². The van der Waals surface area contributed by atoms with Gasteiger partial charge < -0.3 is 9.47 Å². The number of amidine groups is 1. The van der Waals surface area contributed by atoms with Gasteiger partial charge in [0.25, 0.3) is 5.91 Å². The van der Waals surface area contributed by atoms with Crippen LogP contribution in [-0.4, -0.2) is 29.3 Å². The predicted octanol–water partition coefficient (Wildman–Crippen LogP) is 3.70. The number of ether oxygens (including phenoxy) is 2. The lowest BCUT2D eigenvalue weighted by Crippen LogP contribution is -2.50. The zero-order valence-corrected chi connectivity index (χ0v) is 20.7. The van der Waals surface area contributed by atoms with Gasteiger partial charge in [0.15, 0.2) is 22.8 Å². The summed E-state index contributed by atoms with van der Waals surface area (Å²) in [7, 11) is 0. The molecule has 0 unspecified atom stereocenters. The minimum absolute atomic E-state index is 0.288. The third-order valence-corrected chi connectivity index (χ3v) is 6.62. The van der Waals surface area contributed by atoms with Crippen molar-refractivity contribution in [1.29, 1.82) is 0 Å². The summed E-state index contributed by atoms with van der Waals surface area (Å²) in [4.78, 5) is 18.3. The molecule has 3 aromatic carbocycles. The molecule has 1 amide bonds. The number of amides is 1. The van der Waals surface area contributed by atoms with E-state index in [0.29, 0.717) is 57.5 Å². The molecule has 36 heavy (non-hydrogen) atoms. The van der Waals surface area contributed by atoms with Crippen LogP contribution in [0.1, 0.15) is 31.1 Å². The first-order chi connectivity index (χ1) is 17.6. The smallest absolute Gasteiger partial charge is 0.276 e. The molecule has 0 bridgehead atoms. The number of nitrogens with zero attached hydrogens (tertiary/aromatic N) is 3. The standard InChI is InChI=1S/C27H25FN4O3S/c1-3-34-22-14-13-17(15-23(22)35-4-2)25-29-21-12-8-6-10-19(21)24-26(33)30-27(31-32(24)25)36-16-18-9-5-7-11-20(18)28/h5-15,25H,3-4,16H2,1-2H3,(H,30,31,33)/t25-/m1/s1. The van der Waals surface area contributed by atoms with Gasteiger partial charge in [-0.3, -0.25) is 15.1 Å². The summed E-state index contributed by atoms with van der Waals surface area (Å²) in [5.74, 6) is 0.990. The van der Waals surface area contributed by atoms with Crippen molar-refractivity contribution in [2.24, 2.45) is 10.1 Å². The molecule has 0 aromatic heterocycles. The van der Waals surface area contributed by atoms with Crippen LogP contribution in [0.4, 0.5) is 4.39 Å². The molecule has 9 heteroatoms. The van der Waals surface area contributed by atoms with Crippen molar-refractivity contribution in [2.45, 2.75) is 25.8 Å². The maximum absolute atomic E-state index is 14.1. The second-order valence-electron chi connectivity index (χ2n) is 8.02. The van der Waals surface area contributed by atoms with Gasteiger partial charge in [-0.15, -0.1) is 5.10 Å². The highest BCUT2D eigenvalue weighted by Crippen LogP contribution is 2.36. The van der Waals surface area contributed by atoms with Crippen LogP contribution in [0.25, 0.3) is 5.70 Å². The van der Waals surface area contributed by atoms with E-state index in [0.717, 1.165) is 5.56 Å². The zero-order valence-electron chi connectivity index (χ0n) is 19.9. The Morgan fingerprint density at radius 1 is 1.00 bits per heavy atom. The van der Waals surface area contributed by atoms with Crippen molar-refractivity contribution in [3.05, 3.63) is 94.3 Å². The molecule has 2 aliphatic heterocycles. The molecule has 0 spiro atoms. The summed E-state index contributed by atoms with van der Waals surface area (Å²) in [5.41, 5.74) is 1.74. The maximum atomic E-state index is 14.1. The van der Waals surface area contributed by atoms with Gasteiger partial charge in [-0.2, -0.15) is 0 Å². The number of hydrazone groups is 1. The number of para-hydroxylation sites is 1. The average Bonchev–Trinajstić information content (AvgIpc) is 2.89. The topological polar surface area (TPSA) is 75.5 Å². The first-order valence-corrected chi connectivity index (χ1v) is 12.7. The van der Waals surface area contributed by atoms with Crippen molar-refractivity contribution in [1.82, 2.24) is 10.3 Å². The molecule has 7 nitrogen and oxygen atoms in total. The van der Waals surface area contributed by atoms with E-state index < -0.39 is 6.17 Å². The lowest BCUT2D eigenvalue weighted by atomic mass is 10.1. The number of hydrogen-bond donors (Lipinski definition) is 1. The van der Waals surface area contributed by atoms with E-state index in [1.54, 1.807) is 23.2 Å². The van der Waals surface area contributed by atoms with Crippen LogP contribution in [0.15, 0.2) is 76.8 Å².